The lowest BCUT2D eigenvalue weighted by atomic mass is 10.2. The van der Waals surface area contributed by atoms with Crippen molar-refractivity contribution in [2.45, 2.75) is 13.5 Å². The minimum atomic E-state index is -0.286. The topological polar surface area (TPSA) is 51.5 Å². The number of carbonyl (C=O) groups is 1. The van der Waals surface area contributed by atoms with E-state index in [9.17, 15) is 4.79 Å². The fraction of sp³-hybridized carbons (Fsp3) is 0.105. The van der Waals surface area contributed by atoms with Gasteiger partial charge in [-0.25, -0.2) is 0 Å². The molecule has 0 aliphatic carbocycles. The molecule has 1 N–H and O–H groups in total. The number of furan rings is 1. The van der Waals surface area contributed by atoms with Crippen molar-refractivity contribution in [2.75, 3.05) is 5.32 Å². The van der Waals surface area contributed by atoms with Crippen LogP contribution in [0.2, 0.25) is 0 Å². The monoisotopic (exact) mass is 433 g/mol. The molecule has 0 spiro atoms. The number of benzene rings is 2. The molecule has 24 heavy (non-hydrogen) atoms. The highest BCUT2D eigenvalue weighted by atomic mass is 127. The summed E-state index contributed by atoms with van der Waals surface area (Å²) in [5, 5.41) is 2.86. The van der Waals surface area contributed by atoms with E-state index < -0.39 is 0 Å². The Bertz CT molecular complexity index is 843. The highest BCUT2D eigenvalue weighted by Gasteiger charge is 2.16. The Morgan fingerprint density at radius 2 is 1.96 bits per heavy atom. The van der Waals surface area contributed by atoms with Crippen LogP contribution in [0.1, 0.15) is 21.7 Å². The van der Waals surface area contributed by atoms with E-state index in [4.69, 9.17) is 9.15 Å². The van der Waals surface area contributed by atoms with Crippen molar-refractivity contribution in [3.05, 3.63) is 81.3 Å². The van der Waals surface area contributed by atoms with Gasteiger partial charge in [0.2, 0.25) is 0 Å². The summed E-state index contributed by atoms with van der Waals surface area (Å²) in [6, 6.07) is 17.0. The molecule has 1 heterocycles. The van der Waals surface area contributed by atoms with Gasteiger partial charge >= 0.3 is 0 Å². The van der Waals surface area contributed by atoms with E-state index in [-0.39, 0.29) is 18.3 Å². The Morgan fingerprint density at radius 1 is 1.17 bits per heavy atom. The highest BCUT2D eigenvalue weighted by molar-refractivity contribution is 14.1. The molecule has 0 bridgehead atoms. The predicted octanol–water partition coefficient (Wildman–Crippen LogP) is 5.02. The van der Waals surface area contributed by atoms with Gasteiger partial charge < -0.3 is 14.5 Å². The van der Waals surface area contributed by atoms with Crippen LogP contribution in [-0.2, 0) is 6.61 Å². The van der Waals surface area contributed by atoms with Crippen LogP contribution in [0.25, 0.3) is 0 Å². The molecule has 3 aromatic rings. The number of hydrogen-bond acceptors (Lipinski definition) is 3. The van der Waals surface area contributed by atoms with Crippen molar-refractivity contribution in [3.8, 4) is 5.75 Å². The van der Waals surface area contributed by atoms with Crippen LogP contribution in [0, 0.1) is 10.5 Å². The number of rotatable bonds is 5. The summed E-state index contributed by atoms with van der Waals surface area (Å²) in [6.45, 7) is 2.30. The fourth-order valence-corrected chi connectivity index (χ4v) is 2.70. The number of amides is 1. The third-order valence-electron chi connectivity index (χ3n) is 3.52. The molecule has 4 nitrogen and oxygen atoms in total. The first-order valence-electron chi connectivity index (χ1n) is 7.45. The zero-order chi connectivity index (χ0) is 16.9. The lowest BCUT2D eigenvalue weighted by molar-refractivity contribution is 0.0993. The van der Waals surface area contributed by atoms with Crippen LogP contribution in [0.15, 0.2) is 65.3 Å². The van der Waals surface area contributed by atoms with Gasteiger partial charge in [0.25, 0.3) is 5.91 Å². The van der Waals surface area contributed by atoms with Crippen LogP contribution in [0.3, 0.4) is 0 Å². The number of halogens is 1. The molecule has 0 fully saturated rings. The lowest BCUT2D eigenvalue weighted by Gasteiger charge is -2.08. The third-order valence-corrected chi connectivity index (χ3v) is 4.68. The van der Waals surface area contributed by atoms with Crippen molar-refractivity contribution >= 4 is 34.2 Å². The van der Waals surface area contributed by atoms with E-state index in [1.54, 1.807) is 6.07 Å². The maximum Gasteiger partial charge on any atom is 0.291 e. The van der Waals surface area contributed by atoms with E-state index in [1.807, 2.05) is 55.5 Å². The predicted molar refractivity (Wildman–Crippen MR) is 101 cm³/mol. The van der Waals surface area contributed by atoms with Gasteiger partial charge in [-0.2, -0.15) is 0 Å². The van der Waals surface area contributed by atoms with Crippen LogP contribution >= 0.6 is 22.6 Å². The molecule has 0 radical (unpaired) electrons. The second-order valence-electron chi connectivity index (χ2n) is 5.29. The molecular weight excluding hydrogens is 417 g/mol. The smallest absolute Gasteiger partial charge is 0.291 e. The van der Waals surface area contributed by atoms with Crippen molar-refractivity contribution < 1.29 is 13.9 Å². The van der Waals surface area contributed by atoms with Gasteiger partial charge in [0.15, 0.2) is 5.76 Å². The van der Waals surface area contributed by atoms with Gasteiger partial charge in [0.05, 0.1) is 6.26 Å². The van der Waals surface area contributed by atoms with E-state index >= 15 is 0 Å². The van der Waals surface area contributed by atoms with Crippen molar-refractivity contribution in [3.63, 3.8) is 0 Å². The molecule has 0 unspecified atom stereocenters. The molecule has 0 atom stereocenters. The fourth-order valence-electron chi connectivity index (χ4n) is 2.18. The average Bonchev–Trinajstić information content (AvgIpc) is 3.06. The number of para-hydroxylation sites is 1. The summed E-state index contributed by atoms with van der Waals surface area (Å²) in [5.74, 6) is 0.728. The summed E-state index contributed by atoms with van der Waals surface area (Å²) < 4.78 is 12.1. The van der Waals surface area contributed by atoms with Gasteiger partial charge in [-0.1, -0.05) is 24.3 Å². The normalized spacial score (nSPS) is 10.4. The average molecular weight is 433 g/mol. The molecule has 0 saturated carbocycles. The first kappa shape index (κ1) is 16.6. The van der Waals surface area contributed by atoms with Crippen LogP contribution in [0.4, 0.5) is 5.69 Å². The molecular formula is C19H16INO3. The number of anilines is 1. The quantitative estimate of drug-likeness (QED) is 0.575. The van der Waals surface area contributed by atoms with Crippen molar-refractivity contribution in [1.29, 1.82) is 0 Å². The summed E-state index contributed by atoms with van der Waals surface area (Å²) in [6.07, 6.45) is 1.50. The largest absolute Gasteiger partial charge is 0.489 e. The Balaban J connectivity index is 1.69. The van der Waals surface area contributed by atoms with E-state index in [0.717, 1.165) is 15.0 Å². The van der Waals surface area contributed by atoms with Gasteiger partial charge in [0, 0.05) is 14.8 Å². The molecule has 2 aromatic carbocycles. The second-order valence-corrected chi connectivity index (χ2v) is 6.46. The zero-order valence-corrected chi connectivity index (χ0v) is 15.2. The van der Waals surface area contributed by atoms with Gasteiger partial charge in [-0.05, 0) is 65.4 Å². The van der Waals surface area contributed by atoms with Crippen molar-refractivity contribution in [2.24, 2.45) is 0 Å². The first-order valence-corrected chi connectivity index (χ1v) is 8.53. The summed E-state index contributed by atoms with van der Waals surface area (Å²) in [4.78, 5) is 12.4. The number of nitrogens with one attached hydrogen (secondary N) is 1. The van der Waals surface area contributed by atoms with Gasteiger partial charge in [-0.15, -0.1) is 0 Å². The Labute approximate surface area is 154 Å². The summed E-state index contributed by atoms with van der Waals surface area (Å²) in [5.41, 5.74) is 2.61. The number of hydrogen-bond donors (Lipinski definition) is 1. The van der Waals surface area contributed by atoms with E-state index in [0.29, 0.717) is 5.56 Å². The zero-order valence-electron chi connectivity index (χ0n) is 13.1. The summed E-state index contributed by atoms with van der Waals surface area (Å²) >= 11 is 2.24. The molecule has 1 amide bonds. The summed E-state index contributed by atoms with van der Waals surface area (Å²) in [7, 11) is 0. The number of ether oxygens (including phenoxy) is 1. The minimum Gasteiger partial charge on any atom is -0.489 e. The molecule has 0 saturated heterocycles. The van der Waals surface area contributed by atoms with E-state index in [2.05, 4.69) is 27.9 Å². The minimum absolute atomic E-state index is 0.265. The maximum atomic E-state index is 12.4. The second kappa shape index (κ2) is 7.53. The van der Waals surface area contributed by atoms with E-state index in [1.165, 1.54) is 11.8 Å². The molecule has 0 aliphatic heterocycles. The Kier molecular flexibility index (Phi) is 5.20. The molecule has 1 aromatic heterocycles. The van der Waals surface area contributed by atoms with Crippen LogP contribution in [0.5, 0.6) is 5.75 Å². The highest BCUT2D eigenvalue weighted by Crippen LogP contribution is 2.20. The maximum absolute atomic E-state index is 12.4. The van der Waals surface area contributed by atoms with Gasteiger partial charge in [-0.3, -0.25) is 4.79 Å². The lowest BCUT2D eigenvalue weighted by Crippen LogP contribution is -2.14. The SMILES string of the molecule is Cc1ccc(NC(=O)c2occc2COc2ccccc2)cc1I. The Morgan fingerprint density at radius 3 is 2.71 bits per heavy atom. The number of carbonyl (C=O) groups excluding carboxylic acids is 1. The van der Waals surface area contributed by atoms with Gasteiger partial charge in [0.1, 0.15) is 12.4 Å². The van der Waals surface area contributed by atoms with Crippen LogP contribution in [-0.4, -0.2) is 5.91 Å². The molecule has 0 aliphatic rings. The van der Waals surface area contributed by atoms with Crippen molar-refractivity contribution in [1.82, 2.24) is 0 Å². The molecule has 5 heteroatoms. The van der Waals surface area contributed by atoms with Crippen LogP contribution < -0.4 is 10.1 Å². The molecule has 122 valence electrons. The third kappa shape index (κ3) is 3.97. The molecule has 3 rings (SSSR count). The standard InChI is InChI=1S/C19H16INO3/c1-13-7-8-15(11-17(13)20)21-19(22)18-14(9-10-23-18)12-24-16-5-3-2-4-6-16/h2-11H,12H2,1H3,(H,21,22). The Hall–Kier alpha value is -2.28. The first-order chi connectivity index (χ1) is 11.6. The number of aryl methyl sites for hydroxylation is 1.